The summed E-state index contributed by atoms with van der Waals surface area (Å²) < 4.78 is 0. The highest BCUT2D eigenvalue weighted by Crippen LogP contribution is 2.04. The van der Waals surface area contributed by atoms with Crippen LogP contribution in [0.4, 0.5) is 0 Å². The van der Waals surface area contributed by atoms with Crippen LogP contribution in [0, 0.1) is 0 Å². The van der Waals surface area contributed by atoms with Crippen LogP contribution >= 0.6 is 25.3 Å². The Bertz CT molecular complexity index is 125. The van der Waals surface area contributed by atoms with Crippen LogP contribution in [0.1, 0.15) is 47.0 Å². The Kier molecular flexibility index (Phi) is 30.7. The summed E-state index contributed by atoms with van der Waals surface area (Å²) in [6.07, 6.45) is 7.52. The maximum atomic E-state index is 3.53. The third-order valence-corrected chi connectivity index (χ3v) is 3.08. The molecule has 2 nitrogen and oxygen atoms in total. The van der Waals surface area contributed by atoms with Gasteiger partial charge >= 0.3 is 0 Å². The van der Waals surface area contributed by atoms with Crippen LogP contribution in [0.2, 0.25) is 0 Å². The van der Waals surface area contributed by atoms with Crippen molar-refractivity contribution in [1.29, 1.82) is 0 Å². The summed E-state index contributed by atoms with van der Waals surface area (Å²) in [7, 11) is 0. The zero-order valence-electron chi connectivity index (χ0n) is 14.2. The molecule has 0 aromatic rings. The second kappa shape index (κ2) is 23.7. The Balaban J connectivity index is -0.000000214. The zero-order chi connectivity index (χ0) is 15.5. The summed E-state index contributed by atoms with van der Waals surface area (Å²) in [6.45, 7) is 16.5. The minimum Gasteiger partial charge on any atom is -0.304 e. The van der Waals surface area contributed by atoms with Crippen molar-refractivity contribution < 1.29 is 0 Å². The molecule has 0 saturated carbocycles. The molecule has 1 heterocycles. The summed E-state index contributed by atoms with van der Waals surface area (Å²) in [5.41, 5.74) is 0. The highest BCUT2D eigenvalue weighted by Gasteiger charge is 2.06. The van der Waals surface area contributed by atoms with Crippen molar-refractivity contribution in [2.24, 2.45) is 0 Å². The maximum absolute atomic E-state index is 3.53. The number of nitrogens with zero attached hydrogens (tertiary/aromatic N) is 2. The van der Waals surface area contributed by atoms with Gasteiger partial charge in [-0.05, 0) is 71.0 Å². The minimum absolute atomic E-state index is 1.20. The number of thiol groups is 2. The molecule has 1 saturated heterocycles. The van der Waals surface area contributed by atoms with E-state index in [0.717, 1.165) is 0 Å². The first-order chi connectivity index (χ1) is 9.28. The Labute approximate surface area is 134 Å². The predicted molar refractivity (Wildman–Crippen MR) is 99.2 cm³/mol. The van der Waals surface area contributed by atoms with Crippen molar-refractivity contribution in [1.82, 2.24) is 9.80 Å². The van der Waals surface area contributed by atoms with Crippen LogP contribution in [0.15, 0.2) is 0 Å². The van der Waals surface area contributed by atoms with Gasteiger partial charge < -0.3 is 9.80 Å². The molecule has 1 aliphatic rings. The standard InChI is InChI=1S/C7H17N.C6H13N.2CH4S/c1-4-7-8(5-2)6-3;1-2-7-5-3-4-6-7;2*1-2/h4-7H2,1-3H3;2-6H2,1H3;2*2H,1H3. The van der Waals surface area contributed by atoms with Crippen LogP contribution in [0.3, 0.4) is 0 Å². The monoisotopic (exact) mass is 310 g/mol. The summed E-state index contributed by atoms with van der Waals surface area (Å²) >= 11 is 7.06. The number of hydrogen-bond donors (Lipinski definition) is 2. The second-order valence-corrected chi connectivity index (χ2v) is 4.17. The first-order valence-electron chi connectivity index (χ1n) is 7.62. The van der Waals surface area contributed by atoms with Crippen LogP contribution < -0.4 is 0 Å². The van der Waals surface area contributed by atoms with E-state index in [0.29, 0.717) is 0 Å². The Morgan fingerprint density at radius 1 is 0.842 bits per heavy atom. The Morgan fingerprint density at radius 3 is 1.42 bits per heavy atom. The van der Waals surface area contributed by atoms with Crippen molar-refractivity contribution in [3.8, 4) is 0 Å². The molecule has 19 heavy (non-hydrogen) atoms. The van der Waals surface area contributed by atoms with E-state index in [1.807, 2.05) is 0 Å². The highest BCUT2D eigenvalue weighted by atomic mass is 32.1. The SMILES string of the molecule is CCCN(CC)CC.CCN1CCCC1.CS.CS. The summed E-state index contributed by atoms with van der Waals surface area (Å²) in [4.78, 5) is 4.92. The summed E-state index contributed by atoms with van der Waals surface area (Å²) in [5.74, 6) is 0. The van der Waals surface area contributed by atoms with Gasteiger partial charge in [-0.3, -0.25) is 0 Å². The smallest absolute Gasteiger partial charge is 0.00184 e. The molecule has 1 fully saturated rings. The van der Waals surface area contributed by atoms with Gasteiger partial charge in [-0.2, -0.15) is 25.3 Å². The van der Waals surface area contributed by atoms with Gasteiger partial charge in [0.15, 0.2) is 0 Å². The molecule has 0 radical (unpaired) electrons. The lowest BCUT2D eigenvalue weighted by Gasteiger charge is -2.15. The van der Waals surface area contributed by atoms with Crippen molar-refractivity contribution in [2.45, 2.75) is 47.0 Å². The van der Waals surface area contributed by atoms with Gasteiger partial charge in [-0.25, -0.2) is 0 Å². The van der Waals surface area contributed by atoms with Crippen molar-refractivity contribution in [3.63, 3.8) is 0 Å². The van der Waals surface area contributed by atoms with E-state index in [1.165, 1.54) is 58.5 Å². The van der Waals surface area contributed by atoms with E-state index in [4.69, 9.17) is 0 Å². The summed E-state index contributed by atoms with van der Waals surface area (Å²) in [5, 5.41) is 0. The van der Waals surface area contributed by atoms with Gasteiger partial charge in [0.05, 0.1) is 0 Å². The van der Waals surface area contributed by atoms with Crippen molar-refractivity contribution >= 4 is 25.3 Å². The Morgan fingerprint density at radius 2 is 1.26 bits per heavy atom. The van der Waals surface area contributed by atoms with Gasteiger partial charge in [0.2, 0.25) is 0 Å². The predicted octanol–water partition coefficient (Wildman–Crippen LogP) is 3.93. The van der Waals surface area contributed by atoms with Crippen molar-refractivity contribution in [2.75, 3.05) is 51.8 Å². The highest BCUT2D eigenvalue weighted by molar-refractivity contribution is 7.79. The average molecular weight is 311 g/mol. The fraction of sp³-hybridized carbons (Fsp3) is 1.00. The molecule has 4 heteroatoms. The molecule has 0 spiro atoms. The first kappa shape index (κ1) is 24.6. The topological polar surface area (TPSA) is 6.48 Å². The van der Waals surface area contributed by atoms with Crippen LogP contribution in [-0.2, 0) is 0 Å². The van der Waals surface area contributed by atoms with Gasteiger partial charge in [-0.15, -0.1) is 0 Å². The number of likely N-dealkylation sites (tertiary alicyclic amines) is 1. The molecular weight excluding hydrogens is 272 g/mol. The molecule has 0 aromatic heterocycles. The van der Waals surface area contributed by atoms with Gasteiger partial charge in [0.1, 0.15) is 0 Å². The largest absolute Gasteiger partial charge is 0.304 e. The summed E-state index contributed by atoms with van der Waals surface area (Å²) in [6, 6.07) is 0. The fourth-order valence-corrected chi connectivity index (χ4v) is 1.95. The molecule has 0 aliphatic carbocycles. The minimum atomic E-state index is 1.20. The van der Waals surface area contributed by atoms with Crippen LogP contribution in [-0.4, -0.2) is 61.6 Å². The second-order valence-electron chi connectivity index (χ2n) is 4.17. The van der Waals surface area contributed by atoms with Gasteiger partial charge in [0, 0.05) is 0 Å². The van der Waals surface area contributed by atoms with E-state index >= 15 is 0 Å². The van der Waals surface area contributed by atoms with E-state index in [2.05, 4.69) is 62.8 Å². The zero-order valence-corrected chi connectivity index (χ0v) is 15.9. The van der Waals surface area contributed by atoms with E-state index < -0.39 is 0 Å². The normalized spacial score (nSPS) is 13.7. The Hall–Kier alpha value is 0.620. The third kappa shape index (κ3) is 18.6. The molecule has 1 rings (SSSR count). The lowest BCUT2D eigenvalue weighted by molar-refractivity contribution is 0.304. The number of rotatable bonds is 5. The molecule has 0 atom stereocenters. The molecular formula is C15H38N2S2. The lowest BCUT2D eigenvalue weighted by atomic mass is 10.4. The quantitative estimate of drug-likeness (QED) is 0.743. The molecule has 0 aromatic carbocycles. The maximum Gasteiger partial charge on any atom is -0.00184 e. The van der Waals surface area contributed by atoms with Crippen LogP contribution in [0.25, 0.3) is 0 Å². The van der Waals surface area contributed by atoms with E-state index in [-0.39, 0.29) is 0 Å². The third-order valence-electron chi connectivity index (χ3n) is 3.08. The lowest BCUT2D eigenvalue weighted by Crippen LogP contribution is -2.23. The molecule has 120 valence electrons. The first-order valence-corrected chi connectivity index (χ1v) is 9.41. The molecule has 0 bridgehead atoms. The van der Waals surface area contributed by atoms with E-state index in [1.54, 1.807) is 12.5 Å². The number of hydrogen-bond acceptors (Lipinski definition) is 4. The van der Waals surface area contributed by atoms with Gasteiger partial charge in [-0.1, -0.05) is 27.7 Å². The van der Waals surface area contributed by atoms with Crippen LogP contribution in [0.5, 0.6) is 0 Å². The van der Waals surface area contributed by atoms with E-state index in [9.17, 15) is 0 Å². The molecule has 0 unspecified atom stereocenters. The molecule has 0 N–H and O–H groups in total. The molecule has 1 aliphatic heterocycles. The average Bonchev–Trinajstić information content (AvgIpc) is 3.03. The van der Waals surface area contributed by atoms with Gasteiger partial charge in [0.25, 0.3) is 0 Å². The van der Waals surface area contributed by atoms with Crippen molar-refractivity contribution in [3.05, 3.63) is 0 Å². The fourth-order valence-electron chi connectivity index (χ4n) is 1.95. The molecule has 0 amide bonds.